The molecule has 0 spiro atoms. The van der Waals surface area contributed by atoms with Crippen LogP contribution in [0.25, 0.3) is 6.08 Å². The molecule has 134 valence electrons. The molecule has 1 rings (SSSR count). The molecule has 0 heterocycles. The van der Waals surface area contributed by atoms with Crippen LogP contribution in [0.5, 0.6) is 5.75 Å². The van der Waals surface area contributed by atoms with Crippen molar-refractivity contribution in [2.24, 2.45) is 0 Å². The molecule has 1 aromatic carbocycles. The number of carbonyl (C=O) groups is 1. The number of ether oxygens (including phenoxy) is 1. The summed E-state index contributed by atoms with van der Waals surface area (Å²) in [5.74, 6) is 0.438. The van der Waals surface area contributed by atoms with Crippen molar-refractivity contribution in [1.29, 1.82) is 0 Å². The third-order valence-electron chi connectivity index (χ3n) is 3.31. The van der Waals surface area contributed by atoms with Crippen LogP contribution in [0.2, 0.25) is 0 Å². The van der Waals surface area contributed by atoms with E-state index in [1.54, 1.807) is 20.1 Å². The van der Waals surface area contributed by atoms with Crippen molar-refractivity contribution in [3.05, 3.63) is 34.3 Å². The van der Waals surface area contributed by atoms with Gasteiger partial charge in [0, 0.05) is 35.7 Å². The molecule has 0 fully saturated rings. The maximum atomic E-state index is 11.8. The number of hydrogen-bond acceptors (Lipinski definition) is 4. The van der Waals surface area contributed by atoms with Gasteiger partial charge >= 0.3 is 0 Å². The van der Waals surface area contributed by atoms with Gasteiger partial charge in [0.15, 0.2) is 0 Å². The van der Waals surface area contributed by atoms with E-state index in [-0.39, 0.29) is 5.91 Å². The first-order valence-corrected chi connectivity index (χ1v) is 10.2. The average molecular weight is 419 g/mol. The van der Waals surface area contributed by atoms with E-state index < -0.39 is 10.0 Å². The third kappa shape index (κ3) is 7.02. The minimum absolute atomic E-state index is 0.237. The number of halogens is 1. The first-order valence-electron chi connectivity index (χ1n) is 7.52. The largest absolute Gasteiger partial charge is 0.496 e. The Bertz CT molecular complexity index is 689. The number of amides is 1. The Hall–Kier alpha value is -1.38. The van der Waals surface area contributed by atoms with Gasteiger partial charge < -0.3 is 10.1 Å². The first-order chi connectivity index (χ1) is 11.3. The lowest BCUT2D eigenvalue weighted by molar-refractivity contribution is -0.116. The molecule has 0 atom stereocenters. The van der Waals surface area contributed by atoms with Gasteiger partial charge in [-0.15, -0.1) is 0 Å². The number of nitrogens with zero attached hydrogens (tertiary/aromatic N) is 1. The highest BCUT2D eigenvalue weighted by Crippen LogP contribution is 2.23. The predicted octanol–water partition coefficient (Wildman–Crippen LogP) is 2.26. The Morgan fingerprint density at radius 3 is 2.71 bits per heavy atom. The smallest absolute Gasteiger partial charge is 0.244 e. The minimum Gasteiger partial charge on any atom is -0.496 e. The maximum Gasteiger partial charge on any atom is 0.244 e. The first kappa shape index (κ1) is 20.7. The van der Waals surface area contributed by atoms with E-state index in [1.807, 2.05) is 18.2 Å². The van der Waals surface area contributed by atoms with Gasteiger partial charge in [-0.05, 0) is 30.7 Å². The molecule has 0 aliphatic heterocycles. The molecule has 0 aliphatic rings. The number of nitrogens with one attached hydrogen (secondary N) is 1. The molecule has 24 heavy (non-hydrogen) atoms. The lowest BCUT2D eigenvalue weighted by Crippen LogP contribution is -2.33. The standard InChI is InChI=1S/C16H23BrN2O4S/c1-4-19(24(3,21)22)11-5-10-18-16(20)9-6-13-12-14(17)7-8-15(13)23-2/h6-9,12H,4-5,10-11H2,1-3H3,(H,18,20)/b9-6+. The van der Waals surface area contributed by atoms with E-state index in [2.05, 4.69) is 21.2 Å². The normalized spacial score (nSPS) is 11.9. The quantitative estimate of drug-likeness (QED) is 0.492. The number of sulfonamides is 1. The zero-order valence-electron chi connectivity index (χ0n) is 14.1. The van der Waals surface area contributed by atoms with Gasteiger partial charge in [0.05, 0.1) is 13.4 Å². The third-order valence-corrected chi connectivity index (χ3v) is 5.18. The van der Waals surface area contributed by atoms with E-state index in [0.29, 0.717) is 31.8 Å². The van der Waals surface area contributed by atoms with Crippen LogP contribution >= 0.6 is 15.9 Å². The van der Waals surface area contributed by atoms with Crippen LogP contribution in [0, 0.1) is 0 Å². The van der Waals surface area contributed by atoms with Gasteiger partial charge in [-0.25, -0.2) is 12.7 Å². The molecule has 0 aliphatic carbocycles. The van der Waals surface area contributed by atoms with Crippen molar-refractivity contribution in [2.75, 3.05) is 33.0 Å². The molecular formula is C16H23BrN2O4S. The number of hydrogen-bond donors (Lipinski definition) is 1. The minimum atomic E-state index is -3.19. The Morgan fingerprint density at radius 2 is 2.12 bits per heavy atom. The van der Waals surface area contributed by atoms with Gasteiger partial charge in [-0.1, -0.05) is 22.9 Å². The second-order valence-corrected chi connectivity index (χ2v) is 8.02. The maximum absolute atomic E-state index is 11.8. The van der Waals surface area contributed by atoms with Crippen molar-refractivity contribution >= 4 is 37.9 Å². The summed E-state index contributed by atoms with van der Waals surface area (Å²) >= 11 is 3.38. The second-order valence-electron chi connectivity index (χ2n) is 5.12. The summed E-state index contributed by atoms with van der Waals surface area (Å²) in [7, 11) is -1.61. The zero-order valence-corrected chi connectivity index (χ0v) is 16.5. The van der Waals surface area contributed by atoms with E-state index in [1.165, 1.54) is 16.6 Å². The molecule has 0 bridgehead atoms. The SMILES string of the molecule is CCN(CCCNC(=O)/C=C/c1cc(Br)ccc1OC)S(C)(=O)=O. The fraction of sp³-hybridized carbons (Fsp3) is 0.438. The molecule has 6 nitrogen and oxygen atoms in total. The van der Waals surface area contributed by atoms with Crippen molar-refractivity contribution in [3.63, 3.8) is 0 Å². The van der Waals surface area contributed by atoms with Crippen LogP contribution in [0.4, 0.5) is 0 Å². The molecule has 0 saturated heterocycles. The van der Waals surface area contributed by atoms with Gasteiger partial charge in [-0.3, -0.25) is 4.79 Å². The monoisotopic (exact) mass is 418 g/mol. The molecule has 1 amide bonds. The van der Waals surface area contributed by atoms with Crippen LogP contribution in [0.3, 0.4) is 0 Å². The van der Waals surface area contributed by atoms with Crippen LogP contribution < -0.4 is 10.1 Å². The average Bonchev–Trinajstić information content (AvgIpc) is 2.51. The Labute approximate surface area is 152 Å². The number of methoxy groups -OCH3 is 1. The highest BCUT2D eigenvalue weighted by Gasteiger charge is 2.13. The van der Waals surface area contributed by atoms with Crippen molar-refractivity contribution in [2.45, 2.75) is 13.3 Å². The van der Waals surface area contributed by atoms with E-state index in [9.17, 15) is 13.2 Å². The van der Waals surface area contributed by atoms with Crippen molar-refractivity contribution in [3.8, 4) is 5.75 Å². The summed E-state index contributed by atoms with van der Waals surface area (Å²) in [5, 5.41) is 2.74. The fourth-order valence-corrected chi connectivity index (χ4v) is 3.39. The number of carbonyl (C=O) groups excluding carboxylic acids is 1. The number of rotatable bonds is 9. The summed E-state index contributed by atoms with van der Waals surface area (Å²) in [5.41, 5.74) is 0.788. The predicted molar refractivity (Wildman–Crippen MR) is 99.4 cm³/mol. The van der Waals surface area contributed by atoms with Gasteiger partial charge in [0.2, 0.25) is 15.9 Å². The topological polar surface area (TPSA) is 75.7 Å². The lowest BCUT2D eigenvalue weighted by atomic mass is 10.2. The van der Waals surface area contributed by atoms with Gasteiger partial charge in [0.1, 0.15) is 5.75 Å². The summed E-state index contributed by atoms with van der Waals surface area (Å²) in [6.45, 7) is 3.01. The van der Waals surface area contributed by atoms with E-state index in [4.69, 9.17) is 4.74 Å². The molecule has 8 heteroatoms. The Balaban J connectivity index is 2.48. The van der Waals surface area contributed by atoms with E-state index >= 15 is 0 Å². The van der Waals surface area contributed by atoms with Gasteiger partial charge in [-0.2, -0.15) is 0 Å². The van der Waals surface area contributed by atoms with Crippen LogP contribution in [0.1, 0.15) is 18.9 Å². The zero-order chi connectivity index (χ0) is 18.2. The molecule has 1 N–H and O–H groups in total. The molecule has 0 aromatic heterocycles. The summed E-state index contributed by atoms with van der Waals surface area (Å²) in [4.78, 5) is 11.8. The number of benzene rings is 1. The molecular weight excluding hydrogens is 396 g/mol. The van der Waals surface area contributed by atoms with E-state index in [0.717, 1.165) is 10.0 Å². The van der Waals surface area contributed by atoms with Crippen LogP contribution in [-0.2, 0) is 14.8 Å². The summed E-state index contributed by atoms with van der Waals surface area (Å²) in [6, 6.07) is 5.53. The fourth-order valence-electron chi connectivity index (χ4n) is 2.09. The molecule has 0 saturated carbocycles. The van der Waals surface area contributed by atoms with Crippen molar-refractivity contribution in [1.82, 2.24) is 9.62 Å². The Morgan fingerprint density at radius 1 is 1.42 bits per heavy atom. The van der Waals surface area contributed by atoms with Crippen LogP contribution in [0.15, 0.2) is 28.7 Å². The van der Waals surface area contributed by atoms with Gasteiger partial charge in [0.25, 0.3) is 0 Å². The summed E-state index contributed by atoms with van der Waals surface area (Å²) in [6.07, 6.45) is 4.84. The van der Waals surface area contributed by atoms with Crippen molar-refractivity contribution < 1.29 is 17.9 Å². The highest BCUT2D eigenvalue weighted by atomic mass is 79.9. The molecule has 0 unspecified atom stereocenters. The Kier molecular flexibility index (Phi) is 8.44. The molecule has 1 aromatic rings. The molecule has 0 radical (unpaired) electrons. The lowest BCUT2D eigenvalue weighted by Gasteiger charge is -2.17. The summed E-state index contributed by atoms with van der Waals surface area (Å²) < 4.78 is 30.4. The highest BCUT2D eigenvalue weighted by molar-refractivity contribution is 9.10. The van der Waals surface area contributed by atoms with Crippen LogP contribution in [-0.4, -0.2) is 51.6 Å². The second kappa shape index (κ2) is 9.80.